The Kier molecular flexibility index (Phi) is 6.50. The molecular formula is C17H30N2O. The van der Waals surface area contributed by atoms with Crippen molar-refractivity contribution in [1.29, 1.82) is 0 Å². The number of nitrogens with zero attached hydrogens (tertiary/aromatic N) is 1. The molecule has 2 unspecified atom stereocenters. The largest absolute Gasteiger partial charge is 0.497 e. The molecule has 0 spiro atoms. The van der Waals surface area contributed by atoms with Crippen molar-refractivity contribution in [2.75, 3.05) is 20.2 Å². The predicted molar refractivity (Wildman–Crippen MR) is 86.2 cm³/mol. The SMILES string of the molecule is CCCC(N)(c1cccc(OC)c1)C(C)N(CC)CC. The van der Waals surface area contributed by atoms with Crippen LogP contribution in [-0.2, 0) is 5.54 Å². The third-order valence-corrected chi connectivity index (χ3v) is 4.38. The first-order valence-electron chi connectivity index (χ1n) is 7.70. The number of hydrogen-bond donors (Lipinski definition) is 1. The molecule has 1 aromatic carbocycles. The van der Waals surface area contributed by atoms with Crippen LogP contribution in [0.15, 0.2) is 24.3 Å². The van der Waals surface area contributed by atoms with Crippen molar-refractivity contribution in [3.63, 3.8) is 0 Å². The Morgan fingerprint density at radius 2 is 1.90 bits per heavy atom. The summed E-state index contributed by atoms with van der Waals surface area (Å²) >= 11 is 0. The van der Waals surface area contributed by atoms with E-state index in [0.717, 1.165) is 37.2 Å². The third kappa shape index (κ3) is 3.53. The molecule has 0 amide bonds. The minimum atomic E-state index is -0.338. The zero-order valence-corrected chi connectivity index (χ0v) is 13.6. The van der Waals surface area contributed by atoms with Gasteiger partial charge in [0.25, 0.3) is 0 Å². The fourth-order valence-corrected chi connectivity index (χ4v) is 3.02. The Morgan fingerprint density at radius 3 is 2.40 bits per heavy atom. The number of rotatable bonds is 8. The van der Waals surface area contributed by atoms with E-state index >= 15 is 0 Å². The predicted octanol–water partition coefficient (Wildman–Crippen LogP) is 3.38. The van der Waals surface area contributed by atoms with Gasteiger partial charge < -0.3 is 10.5 Å². The van der Waals surface area contributed by atoms with E-state index in [1.165, 1.54) is 0 Å². The van der Waals surface area contributed by atoms with Gasteiger partial charge in [-0.3, -0.25) is 4.90 Å². The molecule has 0 fully saturated rings. The van der Waals surface area contributed by atoms with Crippen LogP contribution in [0.2, 0.25) is 0 Å². The van der Waals surface area contributed by atoms with Crippen LogP contribution in [0.3, 0.4) is 0 Å². The lowest BCUT2D eigenvalue weighted by Crippen LogP contribution is -2.54. The van der Waals surface area contributed by atoms with Gasteiger partial charge in [-0.25, -0.2) is 0 Å². The zero-order valence-electron chi connectivity index (χ0n) is 13.6. The number of likely N-dealkylation sites (N-methyl/N-ethyl adjacent to an activating group) is 1. The summed E-state index contributed by atoms with van der Waals surface area (Å²) in [6.45, 7) is 10.9. The number of ether oxygens (including phenoxy) is 1. The van der Waals surface area contributed by atoms with Gasteiger partial charge in [0.2, 0.25) is 0 Å². The zero-order chi connectivity index (χ0) is 15.2. The monoisotopic (exact) mass is 278 g/mol. The fraction of sp³-hybridized carbons (Fsp3) is 0.647. The standard InChI is InChI=1S/C17H30N2O/c1-6-12-17(18,14(4)19(7-2)8-3)15-10-9-11-16(13-15)20-5/h9-11,13-14H,6-8,12,18H2,1-5H3. The maximum Gasteiger partial charge on any atom is 0.119 e. The summed E-state index contributed by atoms with van der Waals surface area (Å²) in [6.07, 6.45) is 2.04. The molecule has 1 aromatic rings. The van der Waals surface area contributed by atoms with E-state index in [-0.39, 0.29) is 5.54 Å². The van der Waals surface area contributed by atoms with Crippen molar-refractivity contribution in [3.8, 4) is 5.75 Å². The lowest BCUT2D eigenvalue weighted by Gasteiger charge is -2.42. The molecule has 0 bridgehead atoms. The van der Waals surface area contributed by atoms with Gasteiger partial charge in [-0.05, 0) is 44.1 Å². The molecule has 2 N–H and O–H groups in total. The Balaban J connectivity index is 3.18. The van der Waals surface area contributed by atoms with Gasteiger partial charge in [0.1, 0.15) is 5.75 Å². The minimum Gasteiger partial charge on any atom is -0.497 e. The molecule has 0 radical (unpaired) electrons. The Bertz CT molecular complexity index is 404. The lowest BCUT2D eigenvalue weighted by molar-refractivity contribution is 0.135. The maximum atomic E-state index is 6.85. The van der Waals surface area contributed by atoms with Crippen molar-refractivity contribution in [1.82, 2.24) is 4.90 Å². The highest BCUT2D eigenvalue weighted by Gasteiger charge is 2.35. The van der Waals surface area contributed by atoms with Crippen LogP contribution in [-0.4, -0.2) is 31.1 Å². The van der Waals surface area contributed by atoms with Crippen LogP contribution in [0.25, 0.3) is 0 Å². The van der Waals surface area contributed by atoms with E-state index in [2.05, 4.69) is 44.7 Å². The average Bonchev–Trinajstić information content (AvgIpc) is 2.48. The first-order valence-corrected chi connectivity index (χ1v) is 7.70. The van der Waals surface area contributed by atoms with Crippen molar-refractivity contribution in [2.24, 2.45) is 5.73 Å². The smallest absolute Gasteiger partial charge is 0.119 e. The van der Waals surface area contributed by atoms with Gasteiger partial charge in [0, 0.05) is 6.04 Å². The van der Waals surface area contributed by atoms with Crippen molar-refractivity contribution in [3.05, 3.63) is 29.8 Å². The van der Waals surface area contributed by atoms with E-state index in [9.17, 15) is 0 Å². The van der Waals surface area contributed by atoms with E-state index in [0.29, 0.717) is 6.04 Å². The highest BCUT2D eigenvalue weighted by atomic mass is 16.5. The molecule has 3 nitrogen and oxygen atoms in total. The van der Waals surface area contributed by atoms with Crippen LogP contribution >= 0.6 is 0 Å². The van der Waals surface area contributed by atoms with Gasteiger partial charge >= 0.3 is 0 Å². The molecule has 0 aliphatic heterocycles. The Morgan fingerprint density at radius 1 is 1.25 bits per heavy atom. The highest BCUT2D eigenvalue weighted by Crippen LogP contribution is 2.32. The average molecular weight is 278 g/mol. The van der Waals surface area contributed by atoms with E-state index < -0.39 is 0 Å². The molecule has 114 valence electrons. The second-order valence-corrected chi connectivity index (χ2v) is 5.42. The van der Waals surface area contributed by atoms with Crippen LogP contribution in [0.1, 0.15) is 46.1 Å². The summed E-state index contributed by atoms with van der Waals surface area (Å²) < 4.78 is 5.35. The number of hydrogen-bond acceptors (Lipinski definition) is 3. The maximum absolute atomic E-state index is 6.85. The molecule has 0 aliphatic rings. The second-order valence-electron chi connectivity index (χ2n) is 5.42. The molecule has 3 heteroatoms. The Labute approximate surface area is 124 Å². The fourth-order valence-electron chi connectivity index (χ4n) is 3.02. The third-order valence-electron chi connectivity index (χ3n) is 4.38. The number of nitrogens with two attached hydrogens (primary N) is 1. The summed E-state index contributed by atoms with van der Waals surface area (Å²) in [6, 6.07) is 8.50. The highest BCUT2D eigenvalue weighted by molar-refractivity contribution is 5.34. The van der Waals surface area contributed by atoms with Gasteiger partial charge in [-0.1, -0.05) is 39.3 Å². The van der Waals surface area contributed by atoms with Gasteiger partial charge in [-0.2, -0.15) is 0 Å². The van der Waals surface area contributed by atoms with Crippen molar-refractivity contribution >= 4 is 0 Å². The minimum absolute atomic E-state index is 0.296. The van der Waals surface area contributed by atoms with Crippen LogP contribution in [0.4, 0.5) is 0 Å². The van der Waals surface area contributed by atoms with Gasteiger partial charge in [0.05, 0.1) is 12.6 Å². The molecule has 0 aliphatic carbocycles. The molecule has 0 heterocycles. The van der Waals surface area contributed by atoms with Crippen LogP contribution in [0.5, 0.6) is 5.75 Å². The van der Waals surface area contributed by atoms with Gasteiger partial charge in [-0.15, -0.1) is 0 Å². The summed E-state index contributed by atoms with van der Waals surface area (Å²) in [5, 5.41) is 0. The van der Waals surface area contributed by atoms with Crippen molar-refractivity contribution < 1.29 is 4.74 Å². The van der Waals surface area contributed by atoms with Crippen LogP contribution in [0, 0.1) is 0 Å². The topological polar surface area (TPSA) is 38.5 Å². The number of methoxy groups -OCH3 is 1. The summed E-state index contributed by atoms with van der Waals surface area (Å²) in [5.41, 5.74) is 7.68. The molecule has 20 heavy (non-hydrogen) atoms. The normalized spacial score (nSPS) is 15.9. The number of benzene rings is 1. The second kappa shape index (κ2) is 7.65. The lowest BCUT2D eigenvalue weighted by atomic mass is 9.79. The molecule has 1 rings (SSSR count). The quantitative estimate of drug-likeness (QED) is 0.792. The first kappa shape index (κ1) is 17.0. The molecule has 2 atom stereocenters. The van der Waals surface area contributed by atoms with E-state index in [1.807, 2.05) is 12.1 Å². The van der Waals surface area contributed by atoms with E-state index in [1.54, 1.807) is 7.11 Å². The first-order chi connectivity index (χ1) is 9.53. The molecule has 0 saturated heterocycles. The van der Waals surface area contributed by atoms with E-state index in [4.69, 9.17) is 10.5 Å². The van der Waals surface area contributed by atoms with Crippen LogP contribution < -0.4 is 10.5 Å². The Hall–Kier alpha value is -1.06. The summed E-state index contributed by atoms with van der Waals surface area (Å²) in [7, 11) is 1.70. The summed E-state index contributed by atoms with van der Waals surface area (Å²) in [5.74, 6) is 0.875. The molecule has 0 aromatic heterocycles. The molecular weight excluding hydrogens is 248 g/mol. The van der Waals surface area contributed by atoms with Crippen molar-refractivity contribution in [2.45, 2.75) is 52.1 Å². The molecule has 0 saturated carbocycles. The van der Waals surface area contributed by atoms with Gasteiger partial charge in [0.15, 0.2) is 0 Å². The summed E-state index contributed by atoms with van der Waals surface area (Å²) in [4.78, 5) is 2.43.